The van der Waals surface area contributed by atoms with Crippen molar-refractivity contribution >= 4 is 28.8 Å². The molecule has 0 fully saturated rings. The van der Waals surface area contributed by atoms with Crippen LogP contribution in [0.25, 0.3) is 0 Å². The predicted octanol–water partition coefficient (Wildman–Crippen LogP) is 2.52. The van der Waals surface area contributed by atoms with Crippen molar-refractivity contribution in [2.45, 2.75) is 26.7 Å². The van der Waals surface area contributed by atoms with E-state index in [1.807, 2.05) is 31.2 Å². The van der Waals surface area contributed by atoms with E-state index in [0.29, 0.717) is 6.42 Å². The van der Waals surface area contributed by atoms with Gasteiger partial charge in [-0.25, -0.2) is 0 Å². The summed E-state index contributed by atoms with van der Waals surface area (Å²) in [6.07, 6.45) is 1.62. The number of benzene rings is 1. The molecule has 0 spiro atoms. The summed E-state index contributed by atoms with van der Waals surface area (Å²) in [5.41, 5.74) is 7.71. The van der Waals surface area contributed by atoms with Crippen LogP contribution < -0.4 is 10.6 Å². The van der Waals surface area contributed by atoms with Crippen LogP contribution >= 0.6 is 12.2 Å². The molecule has 98 valence electrons. The Labute approximate surface area is 114 Å². The molecule has 1 unspecified atom stereocenters. The Bertz CT molecular complexity index is 428. The molecule has 1 atom stereocenters. The molecule has 2 N–H and O–H groups in total. The van der Waals surface area contributed by atoms with E-state index in [4.69, 9.17) is 18.0 Å². The van der Waals surface area contributed by atoms with Gasteiger partial charge >= 0.3 is 0 Å². The zero-order valence-electron chi connectivity index (χ0n) is 11.1. The lowest BCUT2D eigenvalue weighted by molar-refractivity contribution is -0.120. The quantitative estimate of drug-likeness (QED) is 0.831. The van der Waals surface area contributed by atoms with E-state index in [9.17, 15) is 4.79 Å². The van der Waals surface area contributed by atoms with Gasteiger partial charge in [-0.2, -0.15) is 0 Å². The van der Waals surface area contributed by atoms with Crippen molar-refractivity contribution in [3.05, 3.63) is 29.8 Å². The number of carbonyl (C=O) groups excluding carboxylic acids is 1. The van der Waals surface area contributed by atoms with E-state index >= 15 is 0 Å². The topological polar surface area (TPSA) is 46.3 Å². The van der Waals surface area contributed by atoms with Crippen LogP contribution in [0.4, 0.5) is 5.69 Å². The third-order valence-corrected chi connectivity index (χ3v) is 3.40. The fraction of sp³-hybridized carbons (Fsp3) is 0.429. The summed E-state index contributed by atoms with van der Waals surface area (Å²) in [5.74, 6) is -0.426. The molecule has 0 radical (unpaired) electrons. The van der Waals surface area contributed by atoms with E-state index in [1.165, 1.54) is 5.56 Å². The molecule has 0 aliphatic heterocycles. The highest BCUT2D eigenvalue weighted by Gasteiger charge is 2.23. The van der Waals surface area contributed by atoms with Crippen molar-refractivity contribution in [3.8, 4) is 0 Å². The van der Waals surface area contributed by atoms with E-state index in [-0.39, 0.29) is 16.8 Å². The predicted molar refractivity (Wildman–Crippen MR) is 79.8 cm³/mol. The van der Waals surface area contributed by atoms with Crippen molar-refractivity contribution in [2.24, 2.45) is 11.7 Å². The third kappa shape index (κ3) is 3.29. The summed E-state index contributed by atoms with van der Waals surface area (Å²) < 4.78 is 0. The number of aryl methyl sites for hydroxylation is 1. The standard InChI is InChI=1S/C14H20N2OS/c1-4-10-6-8-11(9-7-10)16(3)14(17)12(5-2)13(15)18/h6-9,12H,4-5H2,1-3H3,(H2,15,18). The first kappa shape index (κ1) is 14.6. The van der Waals surface area contributed by atoms with Gasteiger partial charge < -0.3 is 10.6 Å². The van der Waals surface area contributed by atoms with Crippen molar-refractivity contribution < 1.29 is 4.79 Å². The Morgan fingerprint density at radius 2 is 1.89 bits per heavy atom. The van der Waals surface area contributed by atoms with Gasteiger partial charge in [0.15, 0.2) is 0 Å². The van der Waals surface area contributed by atoms with Gasteiger partial charge in [-0.3, -0.25) is 4.79 Å². The van der Waals surface area contributed by atoms with Gasteiger partial charge in [0.25, 0.3) is 0 Å². The molecule has 1 amide bonds. The Kier molecular flexibility index (Phi) is 5.28. The van der Waals surface area contributed by atoms with Crippen molar-refractivity contribution in [3.63, 3.8) is 0 Å². The molecule has 4 heteroatoms. The maximum absolute atomic E-state index is 12.2. The van der Waals surface area contributed by atoms with E-state index < -0.39 is 0 Å². The molecule has 18 heavy (non-hydrogen) atoms. The second kappa shape index (κ2) is 6.50. The first-order chi connectivity index (χ1) is 8.51. The molecule has 0 saturated carbocycles. The molecule has 1 aromatic rings. The average Bonchev–Trinajstić information content (AvgIpc) is 2.38. The van der Waals surface area contributed by atoms with Gasteiger partial charge in [-0.15, -0.1) is 0 Å². The van der Waals surface area contributed by atoms with Gasteiger partial charge in [-0.1, -0.05) is 38.2 Å². The fourth-order valence-corrected chi connectivity index (χ4v) is 2.08. The van der Waals surface area contributed by atoms with Crippen LogP contribution in [0.5, 0.6) is 0 Å². The monoisotopic (exact) mass is 264 g/mol. The molecule has 0 bridgehead atoms. The third-order valence-electron chi connectivity index (χ3n) is 3.11. The lowest BCUT2D eigenvalue weighted by Crippen LogP contribution is -2.38. The fourth-order valence-electron chi connectivity index (χ4n) is 1.81. The largest absolute Gasteiger partial charge is 0.393 e. The maximum Gasteiger partial charge on any atom is 0.236 e. The van der Waals surface area contributed by atoms with Crippen LogP contribution in [0.3, 0.4) is 0 Å². The number of thiocarbonyl (C=S) groups is 1. The number of rotatable bonds is 5. The van der Waals surface area contributed by atoms with Gasteiger partial charge in [0.05, 0.1) is 10.9 Å². The van der Waals surface area contributed by atoms with E-state index in [2.05, 4.69) is 6.92 Å². The molecule has 0 heterocycles. The lowest BCUT2D eigenvalue weighted by atomic mass is 10.0. The zero-order chi connectivity index (χ0) is 13.7. The number of hydrogen-bond acceptors (Lipinski definition) is 2. The number of carbonyl (C=O) groups is 1. The number of nitrogens with zero attached hydrogens (tertiary/aromatic N) is 1. The van der Waals surface area contributed by atoms with Crippen molar-refractivity contribution in [2.75, 3.05) is 11.9 Å². The molecular formula is C14H20N2OS. The zero-order valence-corrected chi connectivity index (χ0v) is 12.0. The molecule has 1 rings (SSSR count). The SMILES string of the molecule is CCc1ccc(N(C)C(=O)C(CC)C(N)=S)cc1. The maximum atomic E-state index is 12.2. The summed E-state index contributed by atoms with van der Waals surface area (Å²) in [6.45, 7) is 4.01. The minimum absolute atomic E-state index is 0.0470. The number of anilines is 1. The van der Waals surface area contributed by atoms with Crippen molar-refractivity contribution in [1.82, 2.24) is 0 Å². The summed E-state index contributed by atoms with van der Waals surface area (Å²) in [7, 11) is 1.75. The van der Waals surface area contributed by atoms with E-state index in [1.54, 1.807) is 11.9 Å². The highest BCUT2D eigenvalue weighted by molar-refractivity contribution is 7.80. The second-order valence-electron chi connectivity index (χ2n) is 4.28. The summed E-state index contributed by atoms with van der Waals surface area (Å²) >= 11 is 4.93. The Morgan fingerprint density at radius 3 is 2.28 bits per heavy atom. The number of nitrogens with two attached hydrogens (primary N) is 1. The summed E-state index contributed by atoms with van der Waals surface area (Å²) in [5, 5.41) is 0. The van der Waals surface area contributed by atoms with Crippen LogP contribution in [-0.2, 0) is 11.2 Å². The Balaban J connectivity index is 2.88. The Morgan fingerprint density at radius 1 is 1.33 bits per heavy atom. The number of amides is 1. The van der Waals surface area contributed by atoms with Gasteiger partial charge in [0.1, 0.15) is 0 Å². The molecule has 0 aromatic heterocycles. The summed E-state index contributed by atoms with van der Waals surface area (Å²) in [4.78, 5) is 14.1. The van der Waals surface area contributed by atoms with Crippen LogP contribution in [-0.4, -0.2) is 17.9 Å². The highest BCUT2D eigenvalue weighted by atomic mass is 32.1. The molecule has 1 aromatic carbocycles. The smallest absolute Gasteiger partial charge is 0.236 e. The lowest BCUT2D eigenvalue weighted by Gasteiger charge is -2.22. The normalized spacial score (nSPS) is 11.9. The Hall–Kier alpha value is -1.42. The second-order valence-corrected chi connectivity index (χ2v) is 4.75. The minimum atomic E-state index is -0.379. The molecular weight excluding hydrogens is 244 g/mol. The molecule has 0 saturated heterocycles. The van der Waals surface area contributed by atoms with Crippen LogP contribution in [0, 0.1) is 5.92 Å². The first-order valence-electron chi connectivity index (χ1n) is 6.17. The first-order valence-corrected chi connectivity index (χ1v) is 6.57. The van der Waals surface area contributed by atoms with Crippen LogP contribution in [0.1, 0.15) is 25.8 Å². The van der Waals surface area contributed by atoms with Gasteiger partial charge in [0, 0.05) is 12.7 Å². The minimum Gasteiger partial charge on any atom is -0.393 e. The average molecular weight is 264 g/mol. The van der Waals surface area contributed by atoms with E-state index in [0.717, 1.165) is 12.1 Å². The number of hydrogen-bond donors (Lipinski definition) is 1. The summed E-state index contributed by atoms with van der Waals surface area (Å²) in [6, 6.07) is 7.95. The highest BCUT2D eigenvalue weighted by Crippen LogP contribution is 2.18. The van der Waals surface area contributed by atoms with Crippen molar-refractivity contribution in [1.29, 1.82) is 0 Å². The molecule has 0 aliphatic carbocycles. The molecule has 0 aliphatic rings. The van der Waals surface area contributed by atoms with Gasteiger partial charge in [-0.05, 0) is 30.5 Å². The van der Waals surface area contributed by atoms with Crippen LogP contribution in [0.15, 0.2) is 24.3 Å². The van der Waals surface area contributed by atoms with Gasteiger partial charge in [0.2, 0.25) is 5.91 Å². The molecule has 3 nitrogen and oxygen atoms in total. The van der Waals surface area contributed by atoms with Crippen LogP contribution in [0.2, 0.25) is 0 Å².